The van der Waals surface area contributed by atoms with Crippen LogP contribution in [0.1, 0.15) is 16.8 Å². The molecule has 0 aliphatic rings. The Balaban J connectivity index is 2.58. The van der Waals surface area contributed by atoms with E-state index in [1.54, 1.807) is 24.3 Å². The van der Waals surface area contributed by atoms with E-state index in [-0.39, 0.29) is 12.0 Å². The lowest BCUT2D eigenvalue weighted by molar-refractivity contribution is -0.141. The molecule has 0 aromatic heterocycles. The van der Waals surface area contributed by atoms with Crippen molar-refractivity contribution in [1.82, 2.24) is 5.32 Å². The monoisotopic (exact) mass is 387 g/mol. The second-order valence-electron chi connectivity index (χ2n) is 5.96. The quantitative estimate of drug-likeness (QED) is 0.449. The number of Topliss-reactive ketones (excluding diaryl/α,β-unsaturated/α-hetero) is 1. The minimum absolute atomic E-state index is 0.251. The summed E-state index contributed by atoms with van der Waals surface area (Å²) in [6.07, 6.45) is 1.13. The molecule has 27 heavy (non-hydrogen) atoms. The third kappa shape index (κ3) is 4.20. The molecule has 7 heteroatoms. The van der Waals surface area contributed by atoms with Crippen molar-refractivity contribution < 1.29 is 24.6 Å². The highest BCUT2D eigenvalue weighted by Gasteiger charge is 2.49. The van der Waals surface area contributed by atoms with E-state index in [0.29, 0.717) is 5.56 Å². The van der Waals surface area contributed by atoms with Crippen LogP contribution in [0.3, 0.4) is 0 Å². The Kier molecular flexibility index (Phi) is 6.76. The van der Waals surface area contributed by atoms with Gasteiger partial charge in [-0.3, -0.25) is 14.4 Å². The zero-order chi connectivity index (χ0) is 20.0. The van der Waals surface area contributed by atoms with Gasteiger partial charge >= 0.3 is 11.9 Å². The van der Waals surface area contributed by atoms with Crippen LogP contribution in [0.15, 0.2) is 54.6 Å². The van der Waals surface area contributed by atoms with Crippen LogP contribution < -0.4 is 5.32 Å². The molecule has 3 N–H and O–H groups in total. The van der Waals surface area contributed by atoms with E-state index in [4.69, 9.17) is 0 Å². The van der Waals surface area contributed by atoms with Gasteiger partial charge in [-0.05, 0) is 24.4 Å². The maximum Gasteiger partial charge on any atom is 0.327 e. The molecule has 6 nitrogen and oxygen atoms in total. The topological polar surface area (TPSA) is 104 Å². The molecule has 0 aliphatic carbocycles. The molecule has 0 saturated carbocycles. The number of benzene rings is 2. The number of carboxylic acid groups (broad SMARTS) is 2. The van der Waals surface area contributed by atoms with Crippen LogP contribution in [0, 0.1) is 0 Å². The average molecular weight is 387 g/mol. The van der Waals surface area contributed by atoms with Gasteiger partial charge in [-0.25, -0.2) is 0 Å². The molecule has 2 atom stereocenters. The summed E-state index contributed by atoms with van der Waals surface area (Å²) in [4.78, 5) is 36.9. The fourth-order valence-electron chi connectivity index (χ4n) is 2.91. The standard InChI is InChI=1S/C20H21NO5S/c1-21-16(18(23)24)12-20(27-2,19(25)26)17(22)15-11-7-6-10-14(15)13-8-4-3-5-9-13/h3-11,16,21H,12H2,1-2H3,(H,23,24)(H,25,26)/t16-,20?/m0/s1. The zero-order valence-electron chi connectivity index (χ0n) is 15.0. The summed E-state index contributed by atoms with van der Waals surface area (Å²) in [7, 11) is 1.42. The Morgan fingerprint density at radius 3 is 2.15 bits per heavy atom. The van der Waals surface area contributed by atoms with Crippen LogP contribution in [0.25, 0.3) is 11.1 Å². The predicted octanol–water partition coefficient (Wildman–Crippen LogP) is 2.79. The van der Waals surface area contributed by atoms with Crippen molar-refractivity contribution in [1.29, 1.82) is 0 Å². The van der Waals surface area contributed by atoms with E-state index in [1.807, 2.05) is 30.3 Å². The molecule has 1 unspecified atom stereocenters. The summed E-state index contributed by atoms with van der Waals surface area (Å²) in [6, 6.07) is 14.8. The smallest absolute Gasteiger partial charge is 0.327 e. The summed E-state index contributed by atoms with van der Waals surface area (Å²) < 4.78 is -1.92. The van der Waals surface area contributed by atoms with Crippen molar-refractivity contribution in [2.45, 2.75) is 17.2 Å². The number of thioether (sulfide) groups is 1. The molecule has 142 valence electrons. The second-order valence-corrected chi connectivity index (χ2v) is 7.07. The van der Waals surface area contributed by atoms with Crippen LogP contribution in [0.2, 0.25) is 0 Å². The van der Waals surface area contributed by atoms with Gasteiger partial charge in [0.15, 0.2) is 10.5 Å². The van der Waals surface area contributed by atoms with Crippen molar-refractivity contribution >= 4 is 29.5 Å². The number of hydrogen-bond donors (Lipinski definition) is 3. The van der Waals surface area contributed by atoms with Gasteiger partial charge in [0.05, 0.1) is 0 Å². The Morgan fingerprint density at radius 2 is 1.63 bits per heavy atom. The molecule has 2 rings (SSSR count). The van der Waals surface area contributed by atoms with Gasteiger partial charge < -0.3 is 15.5 Å². The maximum atomic E-state index is 13.4. The van der Waals surface area contributed by atoms with Gasteiger partial charge in [0, 0.05) is 12.0 Å². The molecule has 0 aliphatic heterocycles. The molecule has 2 aromatic carbocycles. The highest BCUT2D eigenvalue weighted by atomic mass is 32.2. The highest BCUT2D eigenvalue weighted by Crippen LogP contribution is 2.36. The van der Waals surface area contributed by atoms with Crippen molar-refractivity contribution in [3.63, 3.8) is 0 Å². The van der Waals surface area contributed by atoms with E-state index in [0.717, 1.165) is 17.3 Å². The van der Waals surface area contributed by atoms with E-state index < -0.39 is 28.5 Å². The lowest BCUT2D eigenvalue weighted by atomic mass is 9.86. The lowest BCUT2D eigenvalue weighted by Crippen LogP contribution is -2.50. The molecular weight excluding hydrogens is 366 g/mol. The Morgan fingerprint density at radius 1 is 1.04 bits per heavy atom. The highest BCUT2D eigenvalue weighted by molar-refractivity contribution is 8.01. The Hall–Kier alpha value is -2.64. The van der Waals surface area contributed by atoms with Gasteiger partial charge in [-0.15, -0.1) is 11.8 Å². The molecule has 0 amide bonds. The zero-order valence-corrected chi connectivity index (χ0v) is 15.8. The first-order valence-corrected chi connectivity index (χ1v) is 9.47. The van der Waals surface area contributed by atoms with Crippen molar-refractivity contribution in [3.05, 3.63) is 60.2 Å². The molecule has 0 saturated heterocycles. The molecule has 0 spiro atoms. The minimum atomic E-state index is -1.92. The number of aliphatic carboxylic acids is 2. The fourth-order valence-corrected chi connectivity index (χ4v) is 3.71. The van der Waals surface area contributed by atoms with Crippen LogP contribution in [-0.4, -0.2) is 52.0 Å². The molecule has 2 aromatic rings. The first-order chi connectivity index (χ1) is 12.9. The first kappa shape index (κ1) is 20.7. The normalized spacial score (nSPS) is 14.1. The first-order valence-electron chi connectivity index (χ1n) is 8.25. The van der Waals surface area contributed by atoms with Crippen LogP contribution >= 0.6 is 11.8 Å². The number of rotatable bonds is 9. The van der Waals surface area contributed by atoms with Crippen LogP contribution in [0.5, 0.6) is 0 Å². The Bertz CT molecular complexity index is 839. The average Bonchev–Trinajstić information content (AvgIpc) is 2.69. The SMILES string of the molecule is CN[C@@H](CC(SC)(C(=O)O)C(=O)c1ccccc1-c1ccccc1)C(=O)O. The van der Waals surface area contributed by atoms with Crippen molar-refractivity contribution in [2.75, 3.05) is 13.3 Å². The van der Waals surface area contributed by atoms with Crippen molar-refractivity contribution in [2.24, 2.45) is 0 Å². The maximum absolute atomic E-state index is 13.4. The molecular formula is C20H21NO5S. The summed E-state index contributed by atoms with van der Waals surface area (Å²) in [6.45, 7) is 0. The molecule has 0 bridgehead atoms. The minimum Gasteiger partial charge on any atom is -0.480 e. The fraction of sp³-hybridized carbons (Fsp3) is 0.250. The third-order valence-corrected chi connectivity index (χ3v) is 5.68. The number of nitrogens with one attached hydrogen (secondary N) is 1. The number of likely N-dealkylation sites (N-methyl/N-ethyl adjacent to an activating group) is 1. The van der Waals surface area contributed by atoms with E-state index in [1.165, 1.54) is 13.3 Å². The number of hydrogen-bond acceptors (Lipinski definition) is 5. The largest absolute Gasteiger partial charge is 0.480 e. The predicted molar refractivity (Wildman–Crippen MR) is 105 cm³/mol. The van der Waals surface area contributed by atoms with Crippen LogP contribution in [-0.2, 0) is 9.59 Å². The number of carbonyl (C=O) groups excluding carboxylic acids is 1. The number of ketones is 1. The number of carboxylic acids is 2. The lowest BCUT2D eigenvalue weighted by Gasteiger charge is -2.29. The van der Waals surface area contributed by atoms with Crippen molar-refractivity contribution in [3.8, 4) is 11.1 Å². The van der Waals surface area contributed by atoms with Gasteiger partial charge in [-0.1, -0.05) is 54.6 Å². The second kappa shape index (κ2) is 8.83. The van der Waals surface area contributed by atoms with E-state index in [2.05, 4.69) is 5.32 Å². The summed E-state index contributed by atoms with van der Waals surface area (Å²) in [5, 5.41) is 21.8. The van der Waals surface area contributed by atoms with E-state index in [9.17, 15) is 24.6 Å². The third-order valence-electron chi connectivity index (χ3n) is 4.46. The van der Waals surface area contributed by atoms with Gasteiger partial charge in [0.2, 0.25) is 0 Å². The molecule has 0 radical (unpaired) electrons. The van der Waals surface area contributed by atoms with Crippen LogP contribution in [0.4, 0.5) is 0 Å². The summed E-state index contributed by atoms with van der Waals surface area (Å²) >= 11 is 0.841. The molecule has 0 fully saturated rings. The summed E-state index contributed by atoms with van der Waals surface area (Å²) in [5.41, 5.74) is 1.64. The van der Waals surface area contributed by atoms with E-state index >= 15 is 0 Å². The number of carbonyl (C=O) groups is 3. The van der Waals surface area contributed by atoms with Gasteiger partial charge in [0.1, 0.15) is 6.04 Å². The Labute approximate surface area is 161 Å². The molecule has 0 heterocycles. The van der Waals surface area contributed by atoms with Gasteiger partial charge in [0.25, 0.3) is 0 Å². The summed E-state index contributed by atoms with van der Waals surface area (Å²) in [5.74, 6) is -3.19. The van der Waals surface area contributed by atoms with Gasteiger partial charge in [-0.2, -0.15) is 0 Å².